The van der Waals surface area contributed by atoms with Crippen LogP contribution >= 0.6 is 11.6 Å². The number of halogens is 1. The zero-order valence-electron chi connectivity index (χ0n) is 10.6. The third kappa shape index (κ3) is 5.38. The molecule has 1 amide bonds. The van der Waals surface area contributed by atoms with Crippen molar-refractivity contribution in [2.45, 2.75) is 32.8 Å². The van der Waals surface area contributed by atoms with Gasteiger partial charge in [-0.1, -0.05) is 11.6 Å². The molecule has 0 unspecified atom stereocenters. The van der Waals surface area contributed by atoms with Gasteiger partial charge in [0.2, 0.25) is 5.91 Å². The molecule has 0 aromatic heterocycles. The Kier molecular flexibility index (Phi) is 5.95. The summed E-state index contributed by atoms with van der Waals surface area (Å²) in [5.74, 6) is -0.161. The second-order valence-corrected chi connectivity index (χ2v) is 4.67. The van der Waals surface area contributed by atoms with Crippen LogP contribution in [-0.4, -0.2) is 23.7 Å². The van der Waals surface area contributed by atoms with Gasteiger partial charge in [-0.05, 0) is 38.5 Å². The van der Waals surface area contributed by atoms with Crippen molar-refractivity contribution in [1.29, 1.82) is 0 Å². The highest BCUT2D eigenvalue weighted by molar-refractivity contribution is 6.31. The first kappa shape index (κ1) is 14.8. The number of nitrogens with one attached hydrogen (secondary N) is 1. The summed E-state index contributed by atoms with van der Waals surface area (Å²) in [7, 11) is 0. The summed E-state index contributed by atoms with van der Waals surface area (Å²) in [6, 6.07) is 4.52. The fourth-order valence-electron chi connectivity index (χ4n) is 1.37. The fraction of sp³-hybridized carbons (Fsp3) is 0.462. The van der Waals surface area contributed by atoms with Gasteiger partial charge in [-0.25, -0.2) is 0 Å². The van der Waals surface area contributed by atoms with E-state index in [2.05, 4.69) is 5.32 Å². The van der Waals surface area contributed by atoms with Crippen molar-refractivity contribution in [3.63, 3.8) is 0 Å². The van der Waals surface area contributed by atoms with E-state index in [0.717, 1.165) is 0 Å². The maximum Gasteiger partial charge on any atom is 0.224 e. The van der Waals surface area contributed by atoms with Gasteiger partial charge in [-0.15, -0.1) is 0 Å². The number of carbonyl (C=O) groups excluding carboxylic acids is 1. The van der Waals surface area contributed by atoms with Crippen molar-refractivity contribution in [1.82, 2.24) is 0 Å². The molecule has 0 atom stereocenters. The Hall–Kier alpha value is -1.26. The zero-order chi connectivity index (χ0) is 13.5. The molecule has 0 fully saturated rings. The molecule has 2 N–H and O–H groups in total. The molecule has 0 bridgehead atoms. The molecule has 100 valence electrons. The van der Waals surface area contributed by atoms with Crippen molar-refractivity contribution in [3.8, 4) is 5.75 Å². The molecule has 18 heavy (non-hydrogen) atoms. The van der Waals surface area contributed by atoms with Crippen molar-refractivity contribution < 1.29 is 14.6 Å². The van der Waals surface area contributed by atoms with Gasteiger partial charge in [-0.3, -0.25) is 4.79 Å². The molecular weight excluding hydrogens is 254 g/mol. The molecule has 1 aromatic carbocycles. The third-order valence-electron chi connectivity index (χ3n) is 2.23. The van der Waals surface area contributed by atoms with Crippen molar-refractivity contribution in [2.24, 2.45) is 0 Å². The van der Waals surface area contributed by atoms with Gasteiger partial charge in [0.05, 0.1) is 11.8 Å². The Morgan fingerprint density at radius 2 is 2.22 bits per heavy atom. The average Bonchev–Trinajstić information content (AvgIpc) is 2.29. The summed E-state index contributed by atoms with van der Waals surface area (Å²) in [6.07, 6.45) is 1.16. The number of hydrogen-bond acceptors (Lipinski definition) is 3. The van der Waals surface area contributed by atoms with Gasteiger partial charge in [0.1, 0.15) is 5.75 Å². The summed E-state index contributed by atoms with van der Waals surface area (Å²) >= 11 is 5.78. The number of rotatable bonds is 6. The molecule has 0 saturated heterocycles. The largest absolute Gasteiger partial charge is 0.506 e. The Balaban J connectivity index is 2.38. The summed E-state index contributed by atoms with van der Waals surface area (Å²) in [5, 5.41) is 12.6. The highest BCUT2D eigenvalue weighted by atomic mass is 35.5. The fourth-order valence-corrected chi connectivity index (χ4v) is 1.54. The lowest BCUT2D eigenvalue weighted by Crippen LogP contribution is -2.13. The number of ether oxygens (including phenoxy) is 1. The Bertz CT molecular complexity index is 407. The second kappa shape index (κ2) is 7.24. The number of phenolic OH excluding ortho intramolecular Hbond substituents is 1. The van der Waals surface area contributed by atoms with E-state index in [1.165, 1.54) is 12.1 Å². The van der Waals surface area contributed by atoms with Gasteiger partial charge >= 0.3 is 0 Å². The van der Waals surface area contributed by atoms with E-state index in [1.807, 2.05) is 13.8 Å². The normalized spacial score (nSPS) is 10.7. The van der Waals surface area contributed by atoms with E-state index in [4.69, 9.17) is 16.3 Å². The van der Waals surface area contributed by atoms with Crippen LogP contribution in [-0.2, 0) is 9.53 Å². The van der Waals surface area contributed by atoms with Crippen LogP contribution < -0.4 is 5.32 Å². The number of hydrogen-bond donors (Lipinski definition) is 2. The first-order valence-electron chi connectivity index (χ1n) is 5.89. The van der Waals surface area contributed by atoms with Crippen LogP contribution in [0.15, 0.2) is 18.2 Å². The van der Waals surface area contributed by atoms with Crippen LogP contribution in [0.1, 0.15) is 26.7 Å². The SMILES string of the molecule is CC(C)OCCCC(=O)Nc1cc(Cl)ccc1O. The third-order valence-corrected chi connectivity index (χ3v) is 2.47. The number of benzene rings is 1. The Morgan fingerprint density at radius 3 is 2.89 bits per heavy atom. The van der Waals surface area contributed by atoms with Gasteiger partial charge in [-0.2, -0.15) is 0 Å². The monoisotopic (exact) mass is 271 g/mol. The predicted molar refractivity (Wildman–Crippen MR) is 72.1 cm³/mol. The maximum atomic E-state index is 11.6. The number of phenols is 1. The molecular formula is C13H18ClNO3. The summed E-state index contributed by atoms with van der Waals surface area (Å²) in [5.41, 5.74) is 0.331. The number of aromatic hydroxyl groups is 1. The minimum atomic E-state index is -0.167. The van der Waals surface area contributed by atoms with E-state index >= 15 is 0 Å². The van der Waals surface area contributed by atoms with Gasteiger partial charge < -0.3 is 15.2 Å². The molecule has 0 radical (unpaired) electrons. The second-order valence-electron chi connectivity index (χ2n) is 4.23. The van der Waals surface area contributed by atoms with Crippen LogP contribution in [0.2, 0.25) is 5.02 Å². The summed E-state index contributed by atoms with van der Waals surface area (Å²) in [4.78, 5) is 11.6. The quantitative estimate of drug-likeness (QED) is 0.617. The Labute approximate surface area is 112 Å². The molecule has 0 aliphatic carbocycles. The topological polar surface area (TPSA) is 58.6 Å². The molecule has 0 aliphatic rings. The van der Waals surface area contributed by atoms with E-state index < -0.39 is 0 Å². The lowest BCUT2D eigenvalue weighted by atomic mass is 10.2. The lowest BCUT2D eigenvalue weighted by molar-refractivity contribution is -0.116. The van der Waals surface area contributed by atoms with Crippen LogP contribution in [0.5, 0.6) is 5.75 Å². The maximum absolute atomic E-state index is 11.6. The molecule has 0 aliphatic heterocycles. The highest BCUT2D eigenvalue weighted by Crippen LogP contribution is 2.26. The first-order valence-corrected chi connectivity index (χ1v) is 6.27. The Morgan fingerprint density at radius 1 is 1.50 bits per heavy atom. The van der Waals surface area contributed by atoms with Gasteiger partial charge in [0.25, 0.3) is 0 Å². The molecule has 0 spiro atoms. The van der Waals surface area contributed by atoms with Crippen LogP contribution in [0.25, 0.3) is 0 Å². The minimum Gasteiger partial charge on any atom is -0.506 e. The van der Waals surface area contributed by atoms with Crippen molar-refractivity contribution in [3.05, 3.63) is 23.2 Å². The van der Waals surface area contributed by atoms with E-state index in [1.54, 1.807) is 6.07 Å². The number of amides is 1. The molecule has 0 heterocycles. The minimum absolute atomic E-state index is 0.00572. The number of carbonyl (C=O) groups is 1. The first-order chi connectivity index (χ1) is 8.49. The van der Waals surface area contributed by atoms with Crippen molar-refractivity contribution >= 4 is 23.2 Å². The molecule has 1 rings (SSSR count). The smallest absolute Gasteiger partial charge is 0.224 e. The van der Waals surface area contributed by atoms with E-state index in [9.17, 15) is 9.90 Å². The van der Waals surface area contributed by atoms with Crippen LogP contribution in [0.4, 0.5) is 5.69 Å². The molecule has 4 nitrogen and oxygen atoms in total. The van der Waals surface area contributed by atoms with Gasteiger partial charge in [0, 0.05) is 18.1 Å². The standard InChI is InChI=1S/C13H18ClNO3/c1-9(2)18-7-3-4-13(17)15-11-8-10(14)5-6-12(11)16/h5-6,8-9,16H,3-4,7H2,1-2H3,(H,15,17). The summed E-state index contributed by atoms with van der Waals surface area (Å²) < 4.78 is 5.33. The van der Waals surface area contributed by atoms with Gasteiger partial charge in [0.15, 0.2) is 0 Å². The average molecular weight is 272 g/mol. The number of anilines is 1. The van der Waals surface area contributed by atoms with E-state index in [-0.39, 0.29) is 17.8 Å². The zero-order valence-corrected chi connectivity index (χ0v) is 11.3. The predicted octanol–water partition coefficient (Wildman–Crippen LogP) is 3.19. The van der Waals surface area contributed by atoms with Crippen LogP contribution in [0.3, 0.4) is 0 Å². The van der Waals surface area contributed by atoms with Crippen molar-refractivity contribution in [2.75, 3.05) is 11.9 Å². The van der Waals surface area contributed by atoms with E-state index in [0.29, 0.717) is 30.2 Å². The molecule has 0 saturated carbocycles. The summed E-state index contributed by atoms with van der Waals surface area (Å²) in [6.45, 7) is 4.45. The molecule has 5 heteroatoms. The molecule has 1 aromatic rings. The highest BCUT2D eigenvalue weighted by Gasteiger charge is 2.07. The lowest BCUT2D eigenvalue weighted by Gasteiger charge is -2.09. The van der Waals surface area contributed by atoms with Crippen LogP contribution in [0, 0.1) is 0 Å².